The monoisotopic (exact) mass is 1120 g/mol. The summed E-state index contributed by atoms with van der Waals surface area (Å²) in [6.45, 7) is 14.2. The maximum absolute atomic E-state index is 2.60. The summed E-state index contributed by atoms with van der Waals surface area (Å²) in [6, 6.07) is 115. The van der Waals surface area contributed by atoms with E-state index in [1.165, 1.54) is 144 Å². The molecule has 0 N–H and O–H groups in total. The Kier molecular flexibility index (Phi) is 14.2. The van der Waals surface area contributed by atoms with E-state index in [9.17, 15) is 0 Å². The second kappa shape index (κ2) is 22.6. The van der Waals surface area contributed by atoms with Gasteiger partial charge in [0.25, 0.3) is 0 Å². The molecule has 0 bridgehead atoms. The highest BCUT2D eigenvalue weighted by Gasteiger charge is 2.29. The molecule has 1 aromatic heterocycles. The minimum atomic E-state index is -0.179. The van der Waals surface area contributed by atoms with Gasteiger partial charge in [-0.05, 0) is 195 Å². The maximum atomic E-state index is 2.60. The molecule has 87 heavy (non-hydrogen) atoms. The molecule has 0 atom stereocenters. The molecule has 0 unspecified atom stereocenters. The van der Waals surface area contributed by atoms with Crippen LogP contribution in [0.15, 0.2) is 309 Å². The zero-order chi connectivity index (χ0) is 59.2. The predicted octanol–water partition coefficient (Wildman–Crippen LogP) is 24.0. The van der Waals surface area contributed by atoms with Gasteiger partial charge in [0.15, 0.2) is 0 Å². The van der Waals surface area contributed by atoms with Crippen molar-refractivity contribution in [2.24, 2.45) is 0 Å². The summed E-state index contributed by atoms with van der Waals surface area (Å²) in [4.78, 5) is 0. The Morgan fingerprint density at radius 3 is 0.713 bits per heavy atom. The van der Waals surface area contributed by atoms with Crippen LogP contribution in [-0.4, -0.2) is 4.57 Å². The third-order valence-electron chi connectivity index (χ3n) is 17.5. The minimum Gasteiger partial charge on any atom is -0.308 e. The SMILES string of the molecule is CC(C)(C)c1cc(-c2ccccc2-c2ccccc2-c2cc(-c3ccccc3)cc(-c3ccccc3)c2)c2c(c1)c1cc(C(C)(C)C)cc(-c3ccccc3-c3ccccc3-c3cc(-c4ccccc4)cc(-c4ccccc4)c3)c1n2-c1ccccc1. The quantitative estimate of drug-likeness (QED) is 0.122. The van der Waals surface area contributed by atoms with Crippen LogP contribution in [0.1, 0.15) is 52.7 Å². The molecule has 0 aliphatic carbocycles. The summed E-state index contributed by atoms with van der Waals surface area (Å²) >= 11 is 0. The lowest BCUT2D eigenvalue weighted by atomic mass is 9.81. The van der Waals surface area contributed by atoms with E-state index in [1.807, 2.05) is 0 Å². The summed E-state index contributed by atoms with van der Waals surface area (Å²) in [5.41, 5.74) is 29.4. The number of hydrogen-bond donors (Lipinski definition) is 0. The molecule has 14 aromatic rings. The van der Waals surface area contributed by atoms with Crippen LogP contribution in [-0.2, 0) is 10.8 Å². The molecule has 14 rings (SSSR count). The Bertz CT molecular complexity index is 4420. The van der Waals surface area contributed by atoms with Crippen LogP contribution in [0.4, 0.5) is 0 Å². The number of fused-ring (bicyclic) bond motifs is 3. The van der Waals surface area contributed by atoms with E-state index in [4.69, 9.17) is 0 Å². The molecule has 13 aromatic carbocycles. The fraction of sp³-hybridized carbons (Fsp3) is 0.0930. The minimum absolute atomic E-state index is 0.179. The third kappa shape index (κ3) is 10.5. The smallest absolute Gasteiger partial charge is 0.0620 e. The van der Waals surface area contributed by atoms with Crippen LogP contribution in [0, 0.1) is 0 Å². The molecule has 418 valence electrons. The van der Waals surface area contributed by atoms with Crippen molar-refractivity contribution in [2.45, 2.75) is 52.4 Å². The molecular weight excluding hydrogens is 1050 g/mol. The summed E-state index contributed by atoms with van der Waals surface area (Å²) in [6.07, 6.45) is 0. The fourth-order valence-corrected chi connectivity index (χ4v) is 13.0. The van der Waals surface area contributed by atoms with Gasteiger partial charge in [-0.2, -0.15) is 0 Å². The van der Waals surface area contributed by atoms with E-state index in [2.05, 4.69) is 355 Å². The number of rotatable bonds is 11. The van der Waals surface area contributed by atoms with Crippen molar-refractivity contribution < 1.29 is 0 Å². The molecule has 1 nitrogen and oxygen atoms in total. The van der Waals surface area contributed by atoms with E-state index in [0.717, 1.165) is 5.69 Å². The predicted molar refractivity (Wildman–Crippen MR) is 373 cm³/mol. The van der Waals surface area contributed by atoms with Gasteiger partial charge in [0.2, 0.25) is 0 Å². The molecule has 0 saturated heterocycles. The van der Waals surface area contributed by atoms with Gasteiger partial charge in [-0.1, -0.05) is 278 Å². The number of benzene rings is 13. The number of aromatic nitrogens is 1. The zero-order valence-corrected chi connectivity index (χ0v) is 50.4. The van der Waals surface area contributed by atoms with Crippen molar-refractivity contribution in [1.82, 2.24) is 4.57 Å². The van der Waals surface area contributed by atoms with E-state index >= 15 is 0 Å². The number of nitrogens with zero attached hydrogens (tertiary/aromatic N) is 1. The molecule has 0 amide bonds. The van der Waals surface area contributed by atoms with Gasteiger partial charge in [-0.15, -0.1) is 0 Å². The van der Waals surface area contributed by atoms with Crippen LogP contribution in [0.2, 0.25) is 0 Å². The second-order valence-electron chi connectivity index (χ2n) is 25.3. The van der Waals surface area contributed by atoms with E-state index in [1.54, 1.807) is 0 Å². The average Bonchev–Trinajstić information content (AvgIpc) is 1.69. The van der Waals surface area contributed by atoms with Crippen molar-refractivity contribution in [2.75, 3.05) is 0 Å². The van der Waals surface area contributed by atoms with Gasteiger partial charge in [0.05, 0.1) is 11.0 Å². The first-order valence-corrected chi connectivity index (χ1v) is 30.6. The van der Waals surface area contributed by atoms with Crippen molar-refractivity contribution in [3.63, 3.8) is 0 Å². The maximum Gasteiger partial charge on any atom is 0.0620 e. The van der Waals surface area contributed by atoms with Crippen molar-refractivity contribution in [3.8, 4) is 117 Å². The Hall–Kier alpha value is -10.3. The average molecular weight is 1120 g/mol. The van der Waals surface area contributed by atoms with Gasteiger partial charge in [-0.3, -0.25) is 0 Å². The third-order valence-corrected chi connectivity index (χ3v) is 17.5. The molecule has 0 saturated carbocycles. The van der Waals surface area contributed by atoms with Gasteiger partial charge >= 0.3 is 0 Å². The second-order valence-corrected chi connectivity index (χ2v) is 25.3. The first-order valence-electron chi connectivity index (χ1n) is 30.6. The van der Waals surface area contributed by atoms with Gasteiger partial charge in [0, 0.05) is 27.6 Å². The molecule has 0 fully saturated rings. The highest BCUT2D eigenvalue weighted by atomic mass is 15.0. The summed E-state index contributed by atoms with van der Waals surface area (Å²) < 4.78 is 2.60. The molecule has 0 aliphatic rings. The Labute approximate surface area is 513 Å². The molecule has 0 radical (unpaired) electrons. The van der Waals surface area contributed by atoms with E-state index in [-0.39, 0.29) is 10.8 Å². The first kappa shape index (κ1) is 54.6. The van der Waals surface area contributed by atoms with Crippen molar-refractivity contribution >= 4 is 21.8 Å². The fourth-order valence-electron chi connectivity index (χ4n) is 13.0. The van der Waals surface area contributed by atoms with E-state index < -0.39 is 0 Å². The lowest BCUT2D eigenvalue weighted by Crippen LogP contribution is -2.11. The zero-order valence-electron chi connectivity index (χ0n) is 50.4. The largest absolute Gasteiger partial charge is 0.308 e. The topological polar surface area (TPSA) is 4.93 Å². The molecule has 0 aliphatic heterocycles. The van der Waals surface area contributed by atoms with Gasteiger partial charge < -0.3 is 4.57 Å². The standard InChI is InChI=1S/C86H69N/c1-85(2,3)68-54-79(77-46-28-26-44-75(77)73-42-24-22-40-71(73)66-50-62(58-30-12-7-13-31-58)48-63(51-66)59-32-14-8-15-33-59)83-81(56-68)82-57-69(86(4,5)6)55-80(84(82)87(83)70-38-20-11-21-39-70)78-47-29-27-45-76(78)74-43-25-23-41-72(74)67-52-64(60-34-16-9-17-35-60)49-65(53-67)61-36-18-10-19-37-61/h7-57H,1-6H3. The van der Waals surface area contributed by atoms with Crippen LogP contribution in [0.25, 0.3) is 139 Å². The van der Waals surface area contributed by atoms with Crippen molar-refractivity contribution in [3.05, 3.63) is 321 Å². The molecule has 1 heterocycles. The van der Waals surface area contributed by atoms with Gasteiger partial charge in [0.1, 0.15) is 0 Å². The number of para-hydroxylation sites is 1. The molecular formula is C86H69N. The van der Waals surface area contributed by atoms with E-state index in [0.29, 0.717) is 0 Å². The lowest BCUT2D eigenvalue weighted by Gasteiger charge is -2.23. The number of hydrogen-bond acceptors (Lipinski definition) is 0. The summed E-state index contributed by atoms with van der Waals surface area (Å²) in [7, 11) is 0. The first-order chi connectivity index (χ1) is 42.4. The Morgan fingerprint density at radius 1 is 0.195 bits per heavy atom. The molecule has 0 spiro atoms. The highest BCUT2D eigenvalue weighted by molar-refractivity contribution is 6.19. The lowest BCUT2D eigenvalue weighted by molar-refractivity contribution is 0.590. The molecule has 1 heteroatoms. The Balaban J connectivity index is 1.04. The van der Waals surface area contributed by atoms with Crippen LogP contribution < -0.4 is 0 Å². The van der Waals surface area contributed by atoms with Crippen LogP contribution in [0.5, 0.6) is 0 Å². The normalized spacial score (nSPS) is 11.8. The Morgan fingerprint density at radius 2 is 0.425 bits per heavy atom. The van der Waals surface area contributed by atoms with Crippen LogP contribution >= 0.6 is 0 Å². The van der Waals surface area contributed by atoms with Gasteiger partial charge in [-0.25, -0.2) is 0 Å². The van der Waals surface area contributed by atoms with Crippen LogP contribution in [0.3, 0.4) is 0 Å². The summed E-state index contributed by atoms with van der Waals surface area (Å²) in [5, 5.41) is 2.47. The highest BCUT2D eigenvalue weighted by Crippen LogP contribution is 2.51. The van der Waals surface area contributed by atoms with Crippen molar-refractivity contribution in [1.29, 1.82) is 0 Å². The summed E-state index contributed by atoms with van der Waals surface area (Å²) in [5.74, 6) is 0.